The van der Waals surface area contributed by atoms with Gasteiger partial charge >= 0.3 is 0 Å². The van der Waals surface area contributed by atoms with Crippen LogP contribution in [0.15, 0.2) is 52.8 Å². The van der Waals surface area contributed by atoms with Crippen molar-refractivity contribution < 1.29 is 9.50 Å². The number of aryl methyl sites for hydroxylation is 1. The number of aromatic hydroxyl groups is 1. The number of halogens is 1. The average molecular weight is 270 g/mol. The first-order chi connectivity index (χ1) is 9.65. The summed E-state index contributed by atoms with van der Waals surface area (Å²) in [6.45, 7) is 1.77. The van der Waals surface area contributed by atoms with Crippen LogP contribution in [-0.4, -0.2) is 14.5 Å². The number of aromatic nitrogens is 2. The first kappa shape index (κ1) is 12.3. The fourth-order valence-corrected chi connectivity index (χ4v) is 1.92. The second-order valence-corrected chi connectivity index (χ2v) is 4.29. The van der Waals surface area contributed by atoms with Crippen LogP contribution in [0.4, 0.5) is 15.9 Å². The van der Waals surface area contributed by atoms with Gasteiger partial charge in [-0.15, -0.1) is 10.2 Å². The van der Waals surface area contributed by atoms with Crippen LogP contribution in [0.25, 0.3) is 5.65 Å². The number of benzene rings is 1. The van der Waals surface area contributed by atoms with Crippen LogP contribution in [0, 0.1) is 12.7 Å². The van der Waals surface area contributed by atoms with Crippen LogP contribution in [-0.2, 0) is 0 Å². The molecule has 0 atom stereocenters. The molecule has 3 aromatic rings. The highest BCUT2D eigenvalue weighted by Crippen LogP contribution is 2.27. The SMILES string of the molecule is Cc1nc2c(O)cccn2c1N=Nc1cccc(F)c1. The zero-order chi connectivity index (χ0) is 14.1. The van der Waals surface area contributed by atoms with Gasteiger partial charge in [0.1, 0.15) is 5.82 Å². The molecule has 0 unspecified atom stereocenters. The quantitative estimate of drug-likeness (QED) is 0.718. The van der Waals surface area contributed by atoms with Crippen LogP contribution in [0.1, 0.15) is 5.69 Å². The summed E-state index contributed by atoms with van der Waals surface area (Å²) in [5.41, 5.74) is 1.46. The average Bonchev–Trinajstić information content (AvgIpc) is 2.74. The Morgan fingerprint density at radius 2 is 2.05 bits per heavy atom. The van der Waals surface area contributed by atoms with Gasteiger partial charge in [0.05, 0.1) is 11.4 Å². The second kappa shape index (κ2) is 4.73. The Bertz CT molecular complexity index is 810. The second-order valence-electron chi connectivity index (χ2n) is 4.29. The zero-order valence-electron chi connectivity index (χ0n) is 10.7. The first-order valence-corrected chi connectivity index (χ1v) is 5.99. The molecule has 0 fully saturated rings. The van der Waals surface area contributed by atoms with Gasteiger partial charge in [-0.25, -0.2) is 9.37 Å². The molecule has 0 aliphatic carbocycles. The molecule has 3 rings (SSSR count). The van der Waals surface area contributed by atoms with Gasteiger partial charge < -0.3 is 5.11 Å². The molecule has 0 aliphatic rings. The predicted molar refractivity (Wildman–Crippen MR) is 72.2 cm³/mol. The van der Waals surface area contributed by atoms with E-state index in [-0.39, 0.29) is 11.6 Å². The molecule has 0 radical (unpaired) electrons. The highest BCUT2D eigenvalue weighted by molar-refractivity contribution is 5.59. The van der Waals surface area contributed by atoms with Crippen LogP contribution in [0.2, 0.25) is 0 Å². The summed E-state index contributed by atoms with van der Waals surface area (Å²) < 4.78 is 14.7. The fraction of sp³-hybridized carbons (Fsp3) is 0.0714. The highest BCUT2D eigenvalue weighted by atomic mass is 19.1. The molecule has 1 N–H and O–H groups in total. The summed E-state index contributed by atoms with van der Waals surface area (Å²) >= 11 is 0. The van der Waals surface area contributed by atoms with Gasteiger partial charge in [-0.2, -0.15) is 0 Å². The van der Waals surface area contributed by atoms with Crippen molar-refractivity contribution in [2.75, 3.05) is 0 Å². The number of rotatable bonds is 2. The number of hydrogen-bond acceptors (Lipinski definition) is 4. The lowest BCUT2D eigenvalue weighted by molar-refractivity contribution is 0.477. The van der Waals surface area contributed by atoms with Gasteiger partial charge in [0, 0.05) is 12.3 Å². The monoisotopic (exact) mass is 270 g/mol. The minimum atomic E-state index is -0.367. The number of pyridine rings is 1. The first-order valence-electron chi connectivity index (χ1n) is 5.99. The highest BCUT2D eigenvalue weighted by Gasteiger charge is 2.10. The number of nitrogens with zero attached hydrogens (tertiary/aromatic N) is 4. The van der Waals surface area contributed by atoms with Gasteiger partial charge in [-0.1, -0.05) is 6.07 Å². The Kier molecular flexibility index (Phi) is 2.90. The molecule has 5 nitrogen and oxygen atoms in total. The van der Waals surface area contributed by atoms with Crippen molar-refractivity contribution >= 4 is 17.2 Å². The molecule has 20 heavy (non-hydrogen) atoms. The Balaban J connectivity index is 2.07. The van der Waals surface area contributed by atoms with E-state index in [0.29, 0.717) is 22.8 Å². The lowest BCUT2D eigenvalue weighted by atomic mass is 10.3. The number of azo groups is 1. The third kappa shape index (κ3) is 2.11. The molecule has 2 heterocycles. The van der Waals surface area contributed by atoms with E-state index in [4.69, 9.17) is 0 Å². The minimum absolute atomic E-state index is 0.0720. The Hall–Kier alpha value is -2.76. The summed E-state index contributed by atoms with van der Waals surface area (Å²) in [4.78, 5) is 4.23. The lowest BCUT2D eigenvalue weighted by Gasteiger charge is -1.97. The van der Waals surface area contributed by atoms with E-state index in [1.807, 2.05) is 0 Å². The Morgan fingerprint density at radius 1 is 1.20 bits per heavy atom. The third-order valence-electron chi connectivity index (χ3n) is 2.84. The summed E-state index contributed by atoms with van der Waals surface area (Å²) in [6.07, 6.45) is 1.73. The molecular weight excluding hydrogens is 259 g/mol. The summed E-state index contributed by atoms with van der Waals surface area (Å²) in [6, 6.07) is 9.09. The number of fused-ring (bicyclic) bond motifs is 1. The molecule has 0 saturated heterocycles. The van der Waals surface area contributed by atoms with Crippen LogP contribution in [0.5, 0.6) is 5.75 Å². The molecule has 0 saturated carbocycles. The topological polar surface area (TPSA) is 62.2 Å². The van der Waals surface area contributed by atoms with Crippen molar-refractivity contribution in [3.8, 4) is 5.75 Å². The van der Waals surface area contributed by atoms with E-state index in [1.54, 1.807) is 41.8 Å². The van der Waals surface area contributed by atoms with E-state index >= 15 is 0 Å². The number of hydrogen-bond donors (Lipinski definition) is 1. The van der Waals surface area contributed by atoms with E-state index in [1.165, 1.54) is 12.1 Å². The minimum Gasteiger partial charge on any atom is -0.504 e. The summed E-state index contributed by atoms with van der Waals surface area (Å²) in [7, 11) is 0. The van der Waals surface area contributed by atoms with Crippen molar-refractivity contribution in [1.29, 1.82) is 0 Å². The molecular formula is C14H11FN4O. The van der Waals surface area contributed by atoms with E-state index in [0.717, 1.165) is 0 Å². The van der Waals surface area contributed by atoms with Crippen molar-refractivity contribution in [2.45, 2.75) is 6.92 Å². The molecule has 0 aliphatic heterocycles. The molecule has 0 spiro atoms. The molecule has 6 heteroatoms. The molecule has 0 bridgehead atoms. The maximum absolute atomic E-state index is 13.1. The van der Waals surface area contributed by atoms with Gasteiger partial charge in [-0.05, 0) is 31.2 Å². The van der Waals surface area contributed by atoms with Gasteiger partial charge in [0.2, 0.25) is 0 Å². The molecule has 0 amide bonds. The van der Waals surface area contributed by atoms with Crippen molar-refractivity contribution in [2.24, 2.45) is 10.2 Å². The van der Waals surface area contributed by atoms with Gasteiger partial charge in [-0.3, -0.25) is 4.40 Å². The van der Waals surface area contributed by atoms with Crippen LogP contribution in [0.3, 0.4) is 0 Å². The van der Waals surface area contributed by atoms with E-state index in [2.05, 4.69) is 15.2 Å². The van der Waals surface area contributed by atoms with Crippen LogP contribution < -0.4 is 0 Å². The van der Waals surface area contributed by atoms with Crippen LogP contribution >= 0.6 is 0 Å². The van der Waals surface area contributed by atoms with Gasteiger partial charge in [0.15, 0.2) is 17.2 Å². The molecule has 2 aromatic heterocycles. The summed E-state index contributed by atoms with van der Waals surface area (Å²) in [5.74, 6) is 0.205. The summed E-state index contributed by atoms with van der Waals surface area (Å²) in [5, 5.41) is 17.8. The maximum Gasteiger partial charge on any atom is 0.182 e. The number of imidazole rings is 1. The van der Waals surface area contributed by atoms with Crippen molar-refractivity contribution in [3.05, 3.63) is 54.1 Å². The zero-order valence-corrected chi connectivity index (χ0v) is 10.7. The Morgan fingerprint density at radius 3 is 2.85 bits per heavy atom. The van der Waals surface area contributed by atoms with Gasteiger partial charge in [0.25, 0.3) is 0 Å². The smallest absolute Gasteiger partial charge is 0.182 e. The Labute approximate surface area is 114 Å². The molecule has 100 valence electrons. The maximum atomic E-state index is 13.1. The largest absolute Gasteiger partial charge is 0.504 e. The normalized spacial score (nSPS) is 11.5. The fourth-order valence-electron chi connectivity index (χ4n) is 1.92. The van der Waals surface area contributed by atoms with E-state index < -0.39 is 0 Å². The molecule has 1 aromatic carbocycles. The van der Waals surface area contributed by atoms with Crippen molar-refractivity contribution in [1.82, 2.24) is 9.38 Å². The third-order valence-corrected chi connectivity index (χ3v) is 2.84. The van der Waals surface area contributed by atoms with Crippen molar-refractivity contribution in [3.63, 3.8) is 0 Å². The predicted octanol–water partition coefficient (Wildman–Crippen LogP) is 3.90. The standard InChI is InChI=1S/C14H11FN4O/c1-9-13(18-17-11-5-2-4-10(15)8-11)19-7-3-6-12(20)14(19)16-9/h2-8,20H,1H3. The van der Waals surface area contributed by atoms with E-state index in [9.17, 15) is 9.50 Å². The lowest BCUT2D eigenvalue weighted by Crippen LogP contribution is -1.82.